The maximum absolute atomic E-state index is 4.66. The number of aliphatic imine (C=N–C) groups is 1. The van der Waals surface area contributed by atoms with Crippen LogP contribution in [0.2, 0.25) is 0 Å². The molecule has 0 amide bonds. The van der Waals surface area contributed by atoms with Crippen molar-refractivity contribution in [2.75, 3.05) is 33.7 Å². The highest BCUT2D eigenvalue weighted by molar-refractivity contribution is 14.0. The van der Waals surface area contributed by atoms with Gasteiger partial charge in [-0.25, -0.2) is 0 Å². The number of halogens is 1. The molecule has 1 aliphatic rings. The first kappa shape index (κ1) is 21.0. The quantitative estimate of drug-likeness (QED) is 0.252. The largest absolute Gasteiger partial charge is 0.357 e. The van der Waals surface area contributed by atoms with Gasteiger partial charge in [-0.1, -0.05) is 26.2 Å². The number of unbranched alkanes of at least 4 members (excludes halogenated alkanes) is 4. The van der Waals surface area contributed by atoms with Crippen LogP contribution in [0, 0.1) is 5.92 Å². The first-order valence-electron chi connectivity index (χ1n) is 8.33. The number of nitrogens with one attached hydrogen (secondary N) is 2. The minimum absolute atomic E-state index is 0. The molecule has 0 bridgehead atoms. The van der Waals surface area contributed by atoms with Crippen molar-refractivity contribution in [3.63, 3.8) is 0 Å². The molecule has 1 rings (SSSR count). The molecule has 5 heteroatoms. The summed E-state index contributed by atoms with van der Waals surface area (Å²) in [5, 5.41) is 6.83. The zero-order valence-electron chi connectivity index (χ0n) is 14.3. The summed E-state index contributed by atoms with van der Waals surface area (Å²) in [6, 6.07) is 0.652. The molecule has 0 radical (unpaired) electrons. The third-order valence-electron chi connectivity index (χ3n) is 3.81. The van der Waals surface area contributed by atoms with Crippen molar-refractivity contribution in [3.05, 3.63) is 0 Å². The molecule has 1 saturated carbocycles. The second-order valence-corrected chi connectivity index (χ2v) is 6.30. The van der Waals surface area contributed by atoms with E-state index in [1.54, 1.807) is 0 Å². The predicted molar refractivity (Wildman–Crippen MR) is 104 cm³/mol. The van der Waals surface area contributed by atoms with Crippen LogP contribution in [0.4, 0.5) is 0 Å². The number of rotatable bonds is 10. The Balaban J connectivity index is 0.00000400. The van der Waals surface area contributed by atoms with E-state index in [9.17, 15) is 0 Å². The lowest BCUT2D eigenvalue weighted by Gasteiger charge is -2.10. The minimum atomic E-state index is 0. The van der Waals surface area contributed by atoms with Crippen LogP contribution in [0.15, 0.2) is 4.99 Å². The van der Waals surface area contributed by atoms with Gasteiger partial charge in [0.15, 0.2) is 5.96 Å². The molecule has 0 aromatic carbocycles. The van der Waals surface area contributed by atoms with Crippen molar-refractivity contribution in [1.29, 1.82) is 0 Å². The number of nitrogens with zero attached hydrogens (tertiary/aromatic N) is 2. The fourth-order valence-corrected chi connectivity index (χ4v) is 2.28. The van der Waals surface area contributed by atoms with Crippen molar-refractivity contribution in [2.45, 2.75) is 58.4 Å². The van der Waals surface area contributed by atoms with Crippen LogP contribution >= 0.6 is 24.0 Å². The molecule has 126 valence electrons. The molecule has 2 N–H and O–H groups in total. The van der Waals surface area contributed by atoms with Gasteiger partial charge in [-0.2, -0.15) is 0 Å². The summed E-state index contributed by atoms with van der Waals surface area (Å²) >= 11 is 0. The molecule has 0 spiro atoms. The fourth-order valence-electron chi connectivity index (χ4n) is 2.28. The maximum Gasteiger partial charge on any atom is 0.191 e. The predicted octanol–water partition coefficient (Wildman–Crippen LogP) is 3.08. The van der Waals surface area contributed by atoms with Gasteiger partial charge in [0.25, 0.3) is 0 Å². The zero-order chi connectivity index (χ0) is 14.8. The standard InChI is InChI=1S/C16H34N4.HI/c1-5-17-16(19-15-13-14(15)2)18-11-9-7-6-8-10-12-20(3)4;/h14-15H,5-13H2,1-4H3,(H2,17,18,19);1H. The Morgan fingerprint density at radius 3 is 2.33 bits per heavy atom. The van der Waals surface area contributed by atoms with Gasteiger partial charge in [0.1, 0.15) is 0 Å². The van der Waals surface area contributed by atoms with Gasteiger partial charge in [-0.3, -0.25) is 4.99 Å². The molecule has 0 heterocycles. The summed E-state index contributed by atoms with van der Waals surface area (Å²) in [7, 11) is 4.29. The molecule has 0 saturated heterocycles. The third-order valence-corrected chi connectivity index (χ3v) is 3.81. The summed E-state index contributed by atoms with van der Waals surface area (Å²) in [5.41, 5.74) is 0. The average Bonchev–Trinajstić information content (AvgIpc) is 3.08. The van der Waals surface area contributed by atoms with Crippen molar-refractivity contribution in [1.82, 2.24) is 15.5 Å². The van der Waals surface area contributed by atoms with Crippen LogP contribution in [0.5, 0.6) is 0 Å². The first-order chi connectivity index (χ1) is 9.63. The van der Waals surface area contributed by atoms with E-state index in [4.69, 9.17) is 0 Å². The summed E-state index contributed by atoms with van der Waals surface area (Å²) in [6.45, 7) is 7.51. The normalized spacial score (nSPS) is 21.1. The van der Waals surface area contributed by atoms with Crippen LogP contribution in [-0.2, 0) is 0 Å². The van der Waals surface area contributed by atoms with E-state index in [0.29, 0.717) is 6.04 Å². The summed E-state index contributed by atoms with van der Waals surface area (Å²) < 4.78 is 0. The molecule has 2 atom stereocenters. The monoisotopic (exact) mass is 410 g/mol. The molecule has 0 aromatic heterocycles. The van der Waals surface area contributed by atoms with Crippen LogP contribution in [0.1, 0.15) is 52.4 Å². The third kappa shape index (κ3) is 11.2. The van der Waals surface area contributed by atoms with E-state index < -0.39 is 0 Å². The van der Waals surface area contributed by atoms with Crippen molar-refractivity contribution in [3.8, 4) is 0 Å². The van der Waals surface area contributed by atoms with E-state index in [-0.39, 0.29) is 24.0 Å². The van der Waals surface area contributed by atoms with Crippen molar-refractivity contribution in [2.24, 2.45) is 10.9 Å². The Morgan fingerprint density at radius 1 is 1.14 bits per heavy atom. The molecule has 1 aliphatic carbocycles. The van der Waals surface area contributed by atoms with E-state index in [1.165, 1.54) is 45.1 Å². The first-order valence-corrected chi connectivity index (χ1v) is 8.33. The molecule has 0 aromatic rings. The number of hydrogen-bond donors (Lipinski definition) is 2. The van der Waals surface area contributed by atoms with E-state index in [1.807, 2.05) is 0 Å². The SMILES string of the molecule is CCNC(=NCCCCCCCN(C)C)NC1CC1C.I. The molecular formula is C16H35IN4. The maximum atomic E-state index is 4.66. The summed E-state index contributed by atoms with van der Waals surface area (Å²) in [6.07, 6.45) is 7.80. The molecular weight excluding hydrogens is 375 g/mol. The van der Waals surface area contributed by atoms with Gasteiger partial charge < -0.3 is 15.5 Å². The van der Waals surface area contributed by atoms with Gasteiger partial charge in [-0.05, 0) is 52.7 Å². The lowest BCUT2D eigenvalue weighted by atomic mass is 10.1. The van der Waals surface area contributed by atoms with Crippen LogP contribution in [-0.4, -0.2) is 50.6 Å². The van der Waals surface area contributed by atoms with Gasteiger partial charge in [-0.15, -0.1) is 24.0 Å². The van der Waals surface area contributed by atoms with Gasteiger partial charge in [0.05, 0.1) is 0 Å². The lowest BCUT2D eigenvalue weighted by molar-refractivity contribution is 0.390. The fraction of sp³-hybridized carbons (Fsp3) is 0.938. The average molecular weight is 410 g/mol. The molecule has 4 nitrogen and oxygen atoms in total. The van der Waals surface area contributed by atoms with E-state index in [0.717, 1.165) is 25.0 Å². The molecule has 21 heavy (non-hydrogen) atoms. The second kappa shape index (κ2) is 12.5. The molecule has 2 unspecified atom stereocenters. The van der Waals surface area contributed by atoms with E-state index in [2.05, 4.69) is 48.5 Å². The topological polar surface area (TPSA) is 39.7 Å². The van der Waals surface area contributed by atoms with Crippen molar-refractivity contribution >= 4 is 29.9 Å². The lowest BCUT2D eigenvalue weighted by Crippen LogP contribution is -2.39. The highest BCUT2D eigenvalue weighted by Gasteiger charge is 2.33. The smallest absolute Gasteiger partial charge is 0.191 e. The number of guanidine groups is 1. The molecule has 0 aliphatic heterocycles. The second-order valence-electron chi connectivity index (χ2n) is 6.30. The zero-order valence-corrected chi connectivity index (χ0v) is 16.7. The minimum Gasteiger partial charge on any atom is -0.357 e. The Kier molecular flexibility index (Phi) is 12.5. The summed E-state index contributed by atoms with van der Waals surface area (Å²) in [5.74, 6) is 1.82. The van der Waals surface area contributed by atoms with E-state index >= 15 is 0 Å². The number of hydrogen-bond acceptors (Lipinski definition) is 2. The van der Waals surface area contributed by atoms with Crippen LogP contribution < -0.4 is 10.6 Å². The Labute approximate surface area is 148 Å². The Bertz CT molecular complexity index is 281. The van der Waals surface area contributed by atoms with Crippen LogP contribution in [0.3, 0.4) is 0 Å². The van der Waals surface area contributed by atoms with Crippen molar-refractivity contribution < 1.29 is 0 Å². The molecule has 1 fully saturated rings. The van der Waals surface area contributed by atoms with Gasteiger partial charge >= 0.3 is 0 Å². The Morgan fingerprint density at radius 2 is 1.76 bits per heavy atom. The highest BCUT2D eigenvalue weighted by Crippen LogP contribution is 2.28. The highest BCUT2D eigenvalue weighted by atomic mass is 127. The summed E-state index contributed by atoms with van der Waals surface area (Å²) in [4.78, 5) is 6.92. The Hall–Kier alpha value is -0.0400. The van der Waals surface area contributed by atoms with Gasteiger partial charge in [0, 0.05) is 19.1 Å². The van der Waals surface area contributed by atoms with Gasteiger partial charge in [0.2, 0.25) is 0 Å². The van der Waals surface area contributed by atoms with Crippen LogP contribution in [0.25, 0.3) is 0 Å².